The van der Waals surface area contributed by atoms with Gasteiger partial charge < -0.3 is 4.98 Å². The molecule has 2 N–H and O–H groups in total. The van der Waals surface area contributed by atoms with Gasteiger partial charge in [-0.25, -0.2) is 18.1 Å². The second kappa shape index (κ2) is 5.27. The van der Waals surface area contributed by atoms with Crippen LogP contribution in [0.1, 0.15) is 26.1 Å². The Bertz CT molecular complexity index is 370. The van der Waals surface area contributed by atoms with Gasteiger partial charge in [0.1, 0.15) is 5.82 Å². The van der Waals surface area contributed by atoms with Crippen molar-refractivity contribution < 1.29 is 8.42 Å². The largest absolute Gasteiger partial charge is 0.349 e. The van der Waals surface area contributed by atoms with Crippen molar-refractivity contribution in [2.45, 2.75) is 31.9 Å². The zero-order chi connectivity index (χ0) is 11.3. The molecule has 1 aromatic rings. The molecule has 0 aliphatic carbocycles. The number of aromatic nitrogens is 2. The van der Waals surface area contributed by atoms with E-state index >= 15 is 0 Å². The summed E-state index contributed by atoms with van der Waals surface area (Å²) in [6.07, 6.45) is 4.95. The van der Waals surface area contributed by atoms with E-state index < -0.39 is 10.0 Å². The highest BCUT2D eigenvalue weighted by atomic mass is 32.2. The molecule has 0 saturated carbocycles. The Morgan fingerprint density at radius 3 is 2.80 bits per heavy atom. The summed E-state index contributed by atoms with van der Waals surface area (Å²) in [6, 6.07) is 0. The van der Waals surface area contributed by atoms with Crippen LogP contribution >= 0.6 is 0 Å². The minimum atomic E-state index is -3.12. The van der Waals surface area contributed by atoms with Gasteiger partial charge in [-0.3, -0.25) is 0 Å². The van der Waals surface area contributed by atoms with Crippen molar-refractivity contribution in [1.29, 1.82) is 0 Å². The van der Waals surface area contributed by atoms with Crippen molar-refractivity contribution in [3.8, 4) is 0 Å². The molecule has 0 aromatic carbocycles. The molecule has 6 heteroatoms. The average molecular weight is 231 g/mol. The van der Waals surface area contributed by atoms with Crippen LogP contribution in [0.2, 0.25) is 0 Å². The van der Waals surface area contributed by atoms with Crippen LogP contribution in [0.25, 0.3) is 0 Å². The standard InChI is InChI=1S/C9H17N3O2S/c1-8(2)15(13,14)12-5-3-4-9-10-6-7-11-9/h6-8,12H,3-5H2,1-2H3,(H,10,11). The summed E-state index contributed by atoms with van der Waals surface area (Å²) in [5.41, 5.74) is 0. The first kappa shape index (κ1) is 12.2. The number of nitrogens with one attached hydrogen (secondary N) is 2. The maximum Gasteiger partial charge on any atom is 0.213 e. The normalized spacial score (nSPS) is 12.2. The lowest BCUT2D eigenvalue weighted by atomic mass is 10.3. The molecule has 1 aromatic heterocycles. The lowest BCUT2D eigenvalue weighted by Crippen LogP contribution is -2.31. The zero-order valence-electron chi connectivity index (χ0n) is 9.03. The SMILES string of the molecule is CC(C)S(=O)(=O)NCCCc1ncc[nH]1. The van der Waals surface area contributed by atoms with Gasteiger partial charge >= 0.3 is 0 Å². The Labute approximate surface area is 90.4 Å². The van der Waals surface area contributed by atoms with Gasteiger partial charge in [-0.05, 0) is 20.3 Å². The molecule has 5 nitrogen and oxygen atoms in total. The van der Waals surface area contributed by atoms with Crippen molar-refractivity contribution in [3.05, 3.63) is 18.2 Å². The van der Waals surface area contributed by atoms with Crippen molar-refractivity contribution in [2.24, 2.45) is 0 Å². The first-order valence-electron chi connectivity index (χ1n) is 4.99. The van der Waals surface area contributed by atoms with E-state index in [0.29, 0.717) is 6.54 Å². The molecule has 0 fully saturated rings. The molecule has 0 bridgehead atoms. The van der Waals surface area contributed by atoms with Crippen molar-refractivity contribution in [3.63, 3.8) is 0 Å². The third kappa shape index (κ3) is 4.01. The molecule has 0 atom stereocenters. The number of nitrogens with zero attached hydrogens (tertiary/aromatic N) is 1. The lowest BCUT2D eigenvalue weighted by Gasteiger charge is -2.08. The summed E-state index contributed by atoms with van der Waals surface area (Å²) in [5, 5.41) is -0.374. The fourth-order valence-electron chi connectivity index (χ4n) is 1.07. The first-order valence-corrected chi connectivity index (χ1v) is 6.54. The quantitative estimate of drug-likeness (QED) is 0.707. The molecule has 0 radical (unpaired) electrons. The average Bonchev–Trinajstić information content (AvgIpc) is 2.64. The molecule has 0 spiro atoms. The summed E-state index contributed by atoms with van der Waals surface area (Å²) >= 11 is 0. The maximum absolute atomic E-state index is 11.4. The molecule has 15 heavy (non-hydrogen) atoms. The Morgan fingerprint density at radius 2 is 2.27 bits per heavy atom. The van der Waals surface area contributed by atoms with E-state index in [1.54, 1.807) is 26.2 Å². The third-order valence-electron chi connectivity index (χ3n) is 2.07. The fraction of sp³-hybridized carbons (Fsp3) is 0.667. The number of hydrogen-bond donors (Lipinski definition) is 2. The molecule has 0 saturated heterocycles. The highest BCUT2D eigenvalue weighted by Crippen LogP contribution is 1.98. The van der Waals surface area contributed by atoms with Crippen LogP contribution in [-0.4, -0.2) is 30.2 Å². The summed E-state index contributed by atoms with van der Waals surface area (Å²) in [6.45, 7) is 3.78. The molecule has 0 amide bonds. The number of H-pyrrole nitrogens is 1. The number of rotatable bonds is 6. The molecule has 0 aliphatic heterocycles. The number of imidazole rings is 1. The number of sulfonamides is 1. The molecular weight excluding hydrogens is 214 g/mol. The van der Waals surface area contributed by atoms with Gasteiger partial charge in [0.05, 0.1) is 5.25 Å². The predicted molar refractivity (Wildman–Crippen MR) is 59.0 cm³/mol. The highest BCUT2D eigenvalue weighted by Gasteiger charge is 2.13. The van der Waals surface area contributed by atoms with E-state index in [9.17, 15) is 8.42 Å². The van der Waals surface area contributed by atoms with Crippen LogP contribution < -0.4 is 4.72 Å². The topological polar surface area (TPSA) is 74.8 Å². The van der Waals surface area contributed by atoms with E-state index in [2.05, 4.69) is 14.7 Å². The van der Waals surface area contributed by atoms with Gasteiger partial charge in [0, 0.05) is 25.4 Å². The van der Waals surface area contributed by atoms with Gasteiger partial charge in [-0.15, -0.1) is 0 Å². The highest BCUT2D eigenvalue weighted by molar-refractivity contribution is 7.90. The summed E-state index contributed by atoms with van der Waals surface area (Å²) in [7, 11) is -3.12. The monoisotopic (exact) mass is 231 g/mol. The van der Waals surface area contributed by atoms with Crippen LogP contribution in [0.15, 0.2) is 12.4 Å². The van der Waals surface area contributed by atoms with Gasteiger partial charge in [-0.1, -0.05) is 0 Å². The van der Waals surface area contributed by atoms with Crippen molar-refractivity contribution >= 4 is 10.0 Å². The van der Waals surface area contributed by atoms with Crippen LogP contribution in [0.4, 0.5) is 0 Å². The van der Waals surface area contributed by atoms with Gasteiger partial charge in [0.25, 0.3) is 0 Å². The van der Waals surface area contributed by atoms with Crippen LogP contribution in [0.3, 0.4) is 0 Å². The number of aryl methyl sites for hydroxylation is 1. The molecular formula is C9H17N3O2S. The molecule has 86 valence electrons. The molecule has 1 heterocycles. The van der Waals surface area contributed by atoms with Gasteiger partial charge in [-0.2, -0.15) is 0 Å². The van der Waals surface area contributed by atoms with E-state index in [0.717, 1.165) is 18.7 Å². The smallest absolute Gasteiger partial charge is 0.213 e. The first-order chi connectivity index (χ1) is 7.02. The van der Waals surface area contributed by atoms with E-state index in [1.807, 2.05) is 0 Å². The van der Waals surface area contributed by atoms with Crippen LogP contribution in [0.5, 0.6) is 0 Å². The maximum atomic E-state index is 11.4. The second-order valence-electron chi connectivity index (χ2n) is 3.63. The molecule has 0 aliphatic rings. The van der Waals surface area contributed by atoms with Crippen molar-refractivity contribution in [2.75, 3.05) is 6.54 Å². The van der Waals surface area contributed by atoms with Gasteiger partial charge in [0.15, 0.2) is 0 Å². The van der Waals surface area contributed by atoms with Crippen molar-refractivity contribution in [1.82, 2.24) is 14.7 Å². The minimum Gasteiger partial charge on any atom is -0.349 e. The summed E-state index contributed by atoms with van der Waals surface area (Å²) < 4.78 is 25.3. The summed E-state index contributed by atoms with van der Waals surface area (Å²) in [4.78, 5) is 7.02. The van der Waals surface area contributed by atoms with Crippen LogP contribution in [-0.2, 0) is 16.4 Å². The Kier molecular flexibility index (Phi) is 4.28. The van der Waals surface area contributed by atoms with E-state index in [-0.39, 0.29) is 5.25 Å². The Morgan fingerprint density at radius 1 is 1.53 bits per heavy atom. The van der Waals surface area contributed by atoms with Crippen LogP contribution in [0, 0.1) is 0 Å². The van der Waals surface area contributed by atoms with E-state index in [4.69, 9.17) is 0 Å². The van der Waals surface area contributed by atoms with Gasteiger partial charge in [0.2, 0.25) is 10.0 Å². The fourth-order valence-corrected chi connectivity index (χ4v) is 1.83. The molecule has 0 unspecified atom stereocenters. The Hall–Kier alpha value is -0.880. The minimum absolute atomic E-state index is 0.374. The zero-order valence-corrected chi connectivity index (χ0v) is 9.84. The van der Waals surface area contributed by atoms with E-state index in [1.165, 1.54) is 0 Å². The second-order valence-corrected chi connectivity index (χ2v) is 5.95. The third-order valence-corrected chi connectivity index (χ3v) is 3.92. The lowest BCUT2D eigenvalue weighted by molar-refractivity contribution is 0.569. The summed E-state index contributed by atoms with van der Waals surface area (Å²) in [5.74, 6) is 0.888. The molecule has 1 rings (SSSR count). The number of hydrogen-bond acceptors (Lipinski definition) is 3. The Balaban J connectivity index is 2.23. The predicted octanol–water partition coefficient (Wildman–Crippen LogP) is 0.670. The number of aromatic amines is 1.